The predicted octanol–water partition coefficient (Wildman–Crippen LogP) is 6.14. The summed E-state index contributed by atoms with van der Waals surface area (Å²) in [4.78, 5) is 0. The lowest BCUT2D eigenvalue weighted by molar-refractivity contribution is 0.0781. The van der Waals surface area contributed by atoms with Crippen molar-refractivity contribution in [3.05, 3.63) is 41.0 Å². The molecule has 0 unspecified atom stereocenters. The van der Waals surface area contributed by atoms with Crippen LogP contribution in [-0.2, 0) is 6.42 Å². The summed E-state index contributed by atoms with van der Waals surface area (Å²) < 4.78 is 5.45. The van der Waals surface area contributed by atoms with E-state index in [-0.39, 0.29) is 0 Å². The fourth-order valence-corrected chi connectivity index (χ4v) is 5.80. The first-order valence-electron chi connectivity index (χ1n) is 10.4. The van der Waals surface area contributed by atoms with E-state index >= 15 is 0 Å². The number of hydrogen-bond donors (Lipinski definition) is 0. The maximum Gasteiger partial charge on any atom is 0.119 e. The highest BCUT2D eigenvalue weighted by atomic mass is 16.5. The lowest BCUT2D eigenvalue weighted by Gasteiger charge is -2.49. The summed E-state index contributed by atoms with van der Waals surface area (Å²) in [5, 5.41) is 0. The number of rotatable bonds is 2. The third kappa shape index (κ3) is 2.88. The van der Waals surface area contributed by atoms with Crippen molar-refractivity contribution < 1.29 is 4.74 Å². The van der Waals surface area contributed by atoms with E-state index in [0.717, 1.165) is 29.9 Å². The Labute approximate surface area is 159 Å². The van der Waals surface area contributed by atoms with Crippen LogP contribution in [0.15, 0.2) is 29.8 Å². The van der Waals surface area contributed by atoms with Gasteiger partial charge in [0.05, 0.1) is 7.11 Å². The van der Waals surface area contributed by atoms with Crippen molar-refractivity contribution in [1.29, 1.82) is 0 Å². The lowest BCUT2D eigenvalue weighted by Crippen LogP contribution is -2.41. The van der Waals surface area contributed by atoms with E-state index in [1.807, 2.05) is 0 Å². The molecule has 1 nitrogen and oxygen atoms in total. The number of fused-ring (bicyclic) bond motifs is 5. The largest absolute Gasteiger partial charge is 0.497 e. The molecule has 0 aromatic heterocycles. The molecule has 0 aliphatic heterocycles. The fraction of sp³-hybridized carbons (Fsp3) is 0.600. The normalized spacial score (nSPS) is 32.0. The van der Waals surface area contributed by atoms with Gasteiger partial charge in [0.1, 0.15) is 5.75 Å². The molecule has 3 aliphatic rings. The van der Waals surface area contributed by atoms with Gasteiger partial charge in [0.15, 0.2) is 0 Å². The monoisotopic (exact) mass is 348 g/mol. The van der Waals surface area contributed by atoms with Crippen molar-refractivity contribution in [2.45, 2.75) is 65.2 Å². The Hall–Kier alpha value is -1.68. The number of methoxy groups -OCH3 is 1. The van der Waals surface area contributed by atoms with Gasteiger partial charge < -0.3 is 4.74 Å². The molecule has 1 saturated carbocycles. The van der Waals surface area contributed by atoms with Crippen LogP contribution in [0.25, 0.3) is 0 Å². The zero-order valence-electron chi connectivity index (χ0n) is 16.8. The van der Waals surface area contributed by atoms with Gasteiger partial charge in [-0.2, -0.15) is 0 Å². The summed E-state index contributed by atoms with van der Waals surface area (Å²) in [6, 6.07) is 6.78. The molecular weight excluding hydrogens is 316 g/mol. The van der Waals surface area contributed by atoms with E-state index in [2.05, 4.69) is 56.9 Å². The molecule has 1 aromatic rings. The first kappa shape index (κ1) is 17.7. The Bertz CT molecular complexity index is 775. The quantitative estimate of drug-likeness (QED) is 0.584. The van der Waals surface area contributed by atoms with Crippen LogP contribution in [0.5, 0.6) is 5.75 Å². The predicted molar refractivity (Wildman–Crippen MR) is 108 cm³/mol. The summed E-state index contributed by atoms with van der Waals surface area (Å²) in [5.74, 6) is 11.0. The van der Waals surface area contributed by atoms with Gasteiger partial charge >= 0.3 is 0 Å². The average Bonchev–Trinajstić information content (AvgIpc) is 2.97. The van der Waals surface area contributed by atoms with Crippen molar-refractivity contribution in [3.63, 3.8) is 0 Å². The van der Waals surface area contributed by atoms with Gasteiger partial charge in [-0.05, 0) is 79.0 Å². The first-order chi connectivity index (χ1) is 12.5. The summed E-state index contributed by atoms with van der Waals surface area (Å²) in [5.41, 5.74) is 4.89. The van der Waals surface area contributed by atoms with Crippen LogP contribution in [0.2, 0.25) is 0 Å². The van der Waals surface area contributed by atoms with E-state index in [4.69, 9.17) is 4.74 Å². The highest BCUT2D eigenvalue weighted by molar-refractivity contribution is 5.44. The highest BCUT2D eigenvalue weighted by Gasteiger charge is 2.51. The molecule has 4 atom stereocenters. The first-order valence-corrected chi connectivity index (χ1v) is 10.4. The second kappa shape index (κ2) is 6.80. The molecule has 0 amide bonds. The van der Waals surface area contributed by atoms with Gasteiger partial charge in [0, 0.05) is 17.4 Å². The van der Waals surface area contributed by atoms with E-state index < -0.39 is 0 Å². The van der Waals surface area contributed by atoms with Crippen molar-refractivity contribution in [2.24, 2.45) is 23.2 Å². The van der Waals surface area contributed by atoms with Crippen LogP contribution in [0.4, 0.5) is 0 Å². The SMILES string of the molecule is COc1ccc2c(c1)CC[C@@H]1[C@@H]2CC[C@]2(C)C(C#CCC(C)C)=CC[C@@H]12. The van der Waals surface area contributed by atoms with Gasteiger partial charge in [0.2, 0.25) is 0 Å². The number of allylic oxidation sites excluding steroid dienone is 2. The van der Waals surface area contributed by atoms with Gasteiger partial charge in [-0.1, -0.05) is 44.8 Å². The molecule has 1 aromatic carbocycles. The Balaban J connectivity index is 1.57. The minimum atomic E-state index is 0.315. The molecule has 1 fully saturated rings. The molecule has 4 rings (SSSR count). The molecule has 26 heavy (non-hydrogen) atoms. The summed E-state index contributed by atoms with van der Waals surface area (Å²) >= 11 is 0. The van der Waals surface area contributed by atoms with Crippen LogP contribution in [0.3, 0.4) is 0 Å². The average molecular weight is 349 g/mol. The number of benzene rings is 1. The van der Waals surface area contributed by atoms with Crippen molar-refractivity contribution in [1.82, 2.24) is 0 Å². The minimum absolute atomic E-state index is 0.315. The fourth-order valence-electron chi connectivity index (χ4n) is 5.80. The molecule has 3 aliphatic carbocycles. The minimum Gasteiger partial charge on any atom is -0.497 e. The topological polar surface area (TPSA) is 9.23 Å². The smallest absolute Gasteiger partial charge is 0.119 e. The Kier molecular flexibility index (Phi) is 4.64. The van der Waals surface area contributed by atoms with Crippen LogP contribution in [-0.4, -0.2) is 7.11 Å². The standard InChI is InChI=1S/C25H32O/c1-17(2)6-5-7-19-9-13-24-23-11-8-18-16-20(26-4)10-12-21(18)22(23)14-15-25(19,24)3/h9-10,12,16-17,22-24H,6,8,11,13-15H2,1-4H3/t22-,23-,24+,25-/m1/s1. The van der Waals surface area contributed by atoms with Gasteiger partial charge in [0.25, 0.3) is 0 Å². The molecule has 0 radical (unpaired) electrons. The molecule has 0 saturated heterocycles. The van der Waals surface area contributed by atoms with E-state index in [1.165, 1.54) is 43.2 Å². The Morgan fingerprint density at radius 1 is 1.27 bits per heavy atom. The molecule has 0 heterocycles. The lowest BCUT2D eigenvalue weighted by atomic mass is 9.54. The maximum atomic E-state index is 5.45. The summed E-state index contributed by atoms with van der Waals surface area (Å²) in [6.45, 7) is 7.00. The number of hydrogen-bond acceptors (Lipinski definition) is 1. The van der Waals surface area contributed by atoms with Gasteiger partial charge in [-0.25, -0.2) is 0 Å². The zero-order chi connectivity index (χ0) is 18.3. The maximum absolute atomic E-state index is 5.45. The van der Waals surface area contributed by atoms with Crippen molar-refractivity contribution >= 4 is 0 Å². The van der Waals surface area contributed by atoms with E-state index in [9.17, 15) is 0 Å². The Morgan fingerprint density at radius 3 is 2.88 bits per heavy atom. The zero-order valence-corrected chi connectivity index (χ0v) is 16.8. The van der Waals surface area contributed by atoms with Crippen LogP contribution in [0.1, 0.15) is 69.9 Å². The van der Waals surface area contributed by atoms with E-state index in [0.29, 0.717) is 11.3 Å². The van der Waals surface area contributed by atoms with Crippen LogP contribution >= 0.6 is 0 Å². The molecular formula is C25H32O. The number of ether oxygens (including phenoxy) is 1. The molecule has 0 spiro atoms. The highest BCUT2D eigenvalue weighted by Crippen LogP contribution is 2.61. The second-order valence-corrected chi connectivity index (χ2v) is 9.19. The molecule has 138 valence electrons. The molecule has 0 N–H and O–H groups in total. The third-order valence-electron chi connectivity index (χ3n) is 7.25. The second-order valence-electron chi connectivity index (χ2n) is 9.19. The van der Waals surface area contributed by atoms with Gasteiger partial charge in [-0.15, -0.1) is 0 Å². The Morgan fingerprint density at radius 2 is 2.12 bits per heavy atom. The summed E-state index contributed by atoms with van der Waals surface area (Å²) in [7, 11) is 1.77. The van der Waals surface area contributed by atoms with E-state index in [1.54, 1.807) is 12.7 Å². The molecule has 0 bridgehead atoms. The van der Waals surface area contributed by atoms with Crippen molar-refractivity contribution in [2.75, 3.05) is 7.11 Å². The van der Waals surface area contributed by atoms with Crippen LogP contribution in [0, 0.1) is 35.0 Å². The van der Waals surface area contributed by atoms with Gasteiger partial charge in [-0.3, -0.25) is 0 Å². The van der Waals surface area contributed by atoms with Crippen molar-refractivity contribution in [3.8, 4) is 17.6 Å². The molecule has 1 heteroatoms. The number of aryl methyl sites for hydroxylation is 1. The van der Waals surface area contributed by atoms with Crippen LogP contribution < -0.4 is 4.74 Å². The third-order valence-corrected chi connectivity index (χ3v) is 7.25. The summed E-state index contributed by atoms with van der Waals surface area (Å²) in [6.07, 6.45) is 9.84.